The number of carbonyl (C=O) groups is 2. The minimum Gasteiger partial charge on any atom is -0.493 e. The van der Waals surface area contributed by atoms with Crippen LogP contribution in [0, 0.1) is 0 Å². The Hall–Kier alpha value is -2.42. The number of halogens is 2. The summed E-state index contributed by atoms with van der Waals surface area (Å²) in [6, 6.07) is 3.97. The van der Waals surface area contributed by atoms with Gasteiger partial charge in [0.05, 0.1) is 13.7 Å². The van der Waals surface area contributed by atoms with Gasteiger partial charge in [0.25, 0.3) is 0 Å². The van der Waals surface area contributed by atoms with E-state index < -0.39 is 24.1 Å². The van der Waals surface area contributed by atoms with Crippen LogP contribution in [0.15, 0.2) is 18.2 Å². The standard InChI is InChI=1S/C17H25F2N3O4/c1-17(2,3)21-16(24)20-14(23)10-22(4)9-11-6-7-12(26-15(18)19)13(8-11)25-5/h6-8,15H,9-10H2,1-5H3,(H2,20,21,23,24). The molecule has 26 heavy (non-hydrogen) atoms. The maximum atomic E-state index is 12.3. The van der Waals surface area contributed by atoms with Gasteiger partial charge in [-0.05, 0) is 45.5 Å². The van der Waals surface area contributed by atoms with Gasteiger partial charge in [0.1, 0.15) is 0 Å². The predicted molar refractivity (Wildman–Crippen MR) is 92.4 cm³/mol. The lowest BCUT2D eigenvalue weighted by atomic mass is 10.1. The average Bonchev–Trinajstić information content (AvgIpc) is 2.45. The van der Waals surface area contributed by atoms with Crippen LogP contribution in [-0.2, 0) is 11.3 Å². The summed E-state index contributed by atoms with van der Waals surface area (Å²) in [5.41, 5.74) is 0.285. The van der Waals surface area contributed by atoms with Crippen LogP contribution < -0.4 is 20.1 Å². The van der Waals surface area contributed by atoms with E-state index in [-0.39, 0.29) is 18.0 Å². The van der Waals surface area contributed by atoms with Gasteiger partial charge in [0.2, 0.25) is 5.91 Å². The number of nitrogens with one attached hydrogen (secondary N) is 2. The number of imide groups is 1. The van der Waals surface area contributed by atoms with Crippen LogP contribution in [0.2, 0.25) is 0 Å². The van der Waals surface area contributed by atoms with Crippen LogP contribution in [-0.4, -0.2) is 49.7 Å². The number of rotatable bonds is 7. The molecule has 2 N–H and O–H groups in total. The largest absolute Gasteiger partial charge is 0.493 e. The van der Waals surface area contributed by atoms with Gasteiger partial charge in [0.15, 0.2) is 11.5 Å². The summed E-state index contributed by atoms with van der Waals surface area (Å²) >= 11 is 0. The van der Waals surface area contributed by atoms with Crippen LogP contribution in [0.1, 0.15) is 26.3 Å². The zero-order valence-corrected chi connectivity index (χ0v) is 15.6. The van der Waals surface area contributed by atoms with Crippen molar-refractivity contribution in [1.29, 1.82) is 0 Å². The topological polar surface area (TPSA) is 79.9 Å². The van der Waals surface area contributed by atoms with Crippen molar-refractivity contribution >= 4 is 11.9 Å². The average molecular weight is 373 g/mol. The number of likely N-dealkylation sites (N-methyl/N-ethyl adjacent to an activating group) is 1. The lowest BCUT2D eigenvalue weighted by Gasteiger charge is -2.21. The van der Waals surface area contributed by atoms with E-state index in [1.807, 2.05) is 0 Å². The Morgan fingerprint density at radius 3 is 2.42 bits per heavy atom. The quantitative estimate of drug-likeness (QED) is 0.767. The minimum absolute atomic E-state index is 0.0187. The summed E-state index contributed by atoms with van der Waals surface area (Å²) in [5.74, 6) is -0.352. The van der Waals surface area contributed by atoms with Crippen LogP contribution in [0.3, 0.4) is 0 Å². The van der Waals surface area contributed by atoms with E-state index in [9.17, 15) is 18.4 Å². The molecule has 0 aliphatic rings. The number of carbonyl (C=O) groups excluding carboxylic acids is 2. The molecule has 0 saturated heterocycles. The van der Waals surface area contributed by atoms with Crippen LogP contribution >= 0.6 is 0 Å². The number of hydrogen-bond acceptors (Lipinski definition) is 5. The van der Waals surface area contributed by atoms with E-state index in [0.717, 1.165) is 5.56 Å². The van der Waals surface area contributed by atoms with Crippen molar-refractivity contribution in [2.24, 2.45) is 0 Å². The van der Waals surface area contributed by atoms with Crippen molar-refractivity contribution in [1.82, 2.24) is 15.5 Å². The normalized spacial score (nSPS) is 11.4. The Labute approximate surface area is 151 Å². The molecule has 0 saturated carbocycles. The zero-order valence-electron chi connectivity index (χ0n) is 15.6. The number of alkyl halides is 2. The molecule has 0 bridgehead atoms. The van der Waals surface area contributed by atoms with Crippen molar-refractivity contribution < 1.29 is 27.8 Å². The molecule has 9 heteroatoms. The van der Waals surface area contributed by atoms with Gasteiger partial charge in [-0.15, -0.1) is 0 Å². The number of nitrogens with zero attached hydrogens (tertiary/aromatic N) is 1. The second-order valence-corrected chi connectivity index (χ2v) is 6.79. The van der Waals surface area contributed by atoms with Gasteiger partial charge < -0.3 is 14.8 Å². The fraction of sp³-hybridized carbons (Fsp3) is 0.529. The first-order valence-corrected chi connectivity index (χ1v) is 7.92. The van der Waals surface area contributed by atoms with Crippen molar-refractivity contribution in [2.75, 3.05) is 20.7 Å². The summed E-state index contributed by atoms with van der Waals surface area (Å²) in [7, 11) is 3.04. The summed E-state index contributed by atoms with van der Waals surface area (Å²) in [6.45, 7) is 2.79. The van der Waals surface area contributed by atoms with Crippen molar-refractivity contribution in [2.45, 2.75) is 39.5 Å². The molecule has 0 aliphatic carbocycles. The monoisotopic (exact) mass is 373 g/mol. The highest BCUT2D eigenvalue weighted by atomic mass is 19.3. The predicted octanol–water partition coefficient (Wildman–Crippen LogP) is 2.35. The highest BCUT2D eigenvalue weighted by Crippen LogP contribution is 2.29. The SMILES string of the molecule is COc1cc(CN(C)CC(=O)NC(=O)NC(C)(C)C)ccc1OC(F)F. The van der Waals surface area contributed by atoms with Gasteiger partial charge in [0, 0.05) is 12.1 Å². The molecule has 0 atom stereocenters. The number of ether oxygens (including phenoxy) is 2. The van der Waals surface area contributed by atoms with Gasteiger partial charge in [-0.2, -0.15) is 8.78 Å². The third-order valence-electron chi connectivity index (χ3n) is 3.05. The van der Waals surface area contributed by atoms with Crippen molar-refractivity contribution in [3.8, 4) is 11.5 Å². The Kier molecular flexibility index (Phi) is 7.76. The summed E-state index contributed by atoms with van der Waals surface area (Å²) in [6.07, 6.45) is 0. The lowest BCUT2D eigenvalue weighted by molar-refractivity contribution is -0.121. The van der Waals surface area contributed by atoms with Gasteiger partial charge in [-0.3, -0.25) is 15.0 Å². The number of amides is 3. The van der Waals surface area contributed by atoms with Crippen LogP contribution in [0.5, 0.6) is 11.5 Å². The summed E-state index contributed by atoms with van der Waals surface area (Å²) in [4.78, 5) is 25.2. The van der Waals surface area contributed by atoms with E-state index in [1.165, 1.54) is 13.2 Å². The highest BCUT2D eigenvalue weighted by Gasteiger charge is 2.17. The van der Waals surface area contributed by atoms with E-state index in [0.29, 0.717) is 6.54 Å². The molecule has 0 fully saturated rings. The molecule has 1 rings (SSSR count). The smallest absolute Gasteiger partial charge is 0.387 e. The molecule has 1 aromatic carbocycles. The third kappa shape index (κ3) is 8.11. The zero-order chi connectivity index (χ0) is 19.9. The highest BCUT2D eigenvalue weighted by molar-refractivity contribution is 5.95. The first-order valence-electron chi connectivity index (χ1n) is 7.92. The van der Waals surface area contributed by atoms with E-state index in [2.05, 4.69) is 15.4 Å². The minimum atomic E-state index is -2.94. The number of urea groups is 1. The molecule has 0 radical (unpaired) electrons. The molecule has 1 aromatic rings. The van der Waals surface area contributed by atoms with Gasteiger partial charge in [-0.1, -0.05) is 6.07 Å². The molecule has 0 unspecified atom stereocenters. The van der Waals surface area contributed by atoms with Crippen LogP contribution in [0.4, 0.5) is 13.6 Å². The third-order valence-corrected chi connectivity index (χ3v) is 3.05. The Bertz CT molecular complexity index is 633. The Morgan fingerprint density at radius 1 is 1.23 bits per heavy atom. The molecular formula is C17H25F2N3O4. The first-order chi connectivity index (χ1) is 12.0. The summed E-state index contributed by atoms with van der Waals surface area (Å²) < 4.78 is 34.1. The van der Waals surface area contributed by atoms with E-state index in [4.69, 9.17) is 4.74 Å². The fourth-order valence-electron chi connectivity index (χ4n) is 2.15. The Morgan fingerprint density at radius 2 is 1.88 bits per heavy atom. The molecular weight excluding hydrogens is 348 g/mol. The van der Waals surface area contributed by atoms with Crippen LogP contribution in [0.25, 0.3) is 0 Å². The molecule has 146 valence electrons. The Balaban J connectivity index is 2.60. The van der Waals surface area contributed by atoms with E-state index in [1.54, 1.807) is 44.9 Å². The lowest BCUT2D eigenvalue weighted by Crippen LogP contribution is -2.50. The molecule has 0 spiro atoms. The fourth-order valence-corrected chi connectivity index (χ4v) is 2.15. The molecule has 7 nitrogen and oxygen atoms in total. The maximum Gasteiger partial charge on any atom is 0.387 e. The van der Waals surface area contributed by atoms with Gasteiger partial charge >= 0.3 is 12.6 Å². The summed E-state index contributed by atoms with van der Waals surface area (Å²) in [5, 5.41) is 4.88. The molecule has 0 heterocycles. The maximum absolute atomic E-state index is 12.3. The number of benzene rings is 1. The molecule has 0 aromatic heterocycles. The second-order valence-electron chi connectivity index (χ2n) is 6.79. The number of hydrogen-bond donors (Lipinski definition) is 2. The van der Waals surface area contributed by atoms with Crippen molar-refractivity contribution in [3.05, 3.63) is 23.8 Å². The van der Waals surface area contributed by atoms with Crippen molar-refractivity contribution in [3.63, 3.8) is 0 Å². The van der Waals surface area contributed by atoms with E-state index >= 15 is 0 Å². The number of methoxy groups -OCH3 is 1. The molecule has 3 amide bonds. The molecule has 0 aliphatic heterocycles. The first kappa shape index (κ1) is 21.6. The second kappa shape index (κ2) is 9.33. The van der Waals surface area contributed by atoms with Gasteiger partial charge in [-0.25, -0.2) is 4.79 Å².